The number of carbonyl (C=O) groups is 1. The molecule has 0 heterocycles. The van der Waals surface area contributed by atoms with E-state index in [9.17, 15) is 4.79 Å². The summed E-state index contributed by atoms with van der Waals surface area (Å²) in [5.74, 6) is 0.501. The maximum absolute atomic E-state index is 11.0. The van der Waals surface area contributed by atoms with Crippen molar-refractivity contribution in [3.8, 4) is 0 Å². The molecule has 2 atom stereocenters. The maximum Gasteiger partial charge on any atom is 0.248 e. The minimum absolute atomic E-state index is 0.359. The fraction of sp³-hybridized carbons (Fsp3) is 0.500. The van der Waals surface area contributed by atoms with Crippen molar-refractivity contribution in [2.75, 3.05) is 0 Å². The first-order valence-corrected chi connectivity index (χ1v) is 6.33. The lowest BCUT2D eigenvalue weighted by molar-refractivity contribution is 0.1000. The number of primary amides is 1. The summed E-state index contributed by atoms with van der Waals surface area (Å²) in [5.41, 5.74) is 6.97. The molecule has 0 aliphatic heterocycles. The van der Waals surface area contributed by atoms with Crippen molar-refractivity contribution in [2.45, 2.75) is 38.8 Å². The average molecular weight is 232 g/mol. The SMILES string of the molecule is CCCC1CC1NCc1cccc(C(N)=O)c1. The van der Waals surface area contributed by atoms with Gasteiger partial charge in [-0.25, -0.2) is 0 Å². The Morgan fingerprint density at radius 1 is 1.53 bits per heavy atom. The van der Waals surface area contributed by atoms with E-state index in [1.807, 2.05) is 18.2 Å². The zero-order valence-electron chi connectivity index (χ0n) is 10.3. The highest BCUT2D eigenvalue weighted by Gasteiger charge is 2.35. The first kappa shape index (κ1) is 12.1. The Morgan fingerprint density at radius 3 is 3.06 bits per heavy atom. The van der Waals surface area contributed by atoms with Crippen molar-refractivity contribution in [3.63, 3.8) is 0 Å². The van der Waals surface area contributed by atoms with Crippen molar-refractivity contribution < 1.29 is 4.79 Å². The molecule has 1 amide bonds. The Bertz CT molecular complexity index is 403. The number of hydrogen-bond acceptors (Lipinski definition) is 2. The van der Waals surface area contributed by atoms with Gasteiger partial charge in [0, 0.05) is 18.2 Å². The summed E-state index contributed by atoms with van der Waals surface area (Å²) < 4.78 is 0. The summed E-state index contributed by atoms with van der Waals surface area (Å²) in [7, 11) is 0. The summed E-state index contributed by atoms with van der Waals surface area (Å²) in [6.45, 7) is 3.05. The third-order valence-corrected chi connectivity index (χ3v) is 3.36. The average Bonchev–Trinajstić information content (AvgIpc) is 3.06. The molecule has 0 saturated heterocycles. The van der Waals surface area contributed by atoms with Gasteiger partial charge < -0.3 is 11.1 Å². The Hall–Kier alpha value is -1.35. The maximum atomic E-state index is 11.0. The van der Waals surface area contributed by atoms with E-state index in [0.29, 0.717) is 11.6 Å². The Morgan fingerprint density at radius 2 is 2.35 bits per heavy atom. The quantitative estimate of drug-likeness (QED) is 0.788. The van der Waals surface area contributed by atoms with Crippen LogP contribution in [0.25, 0.3) is 0 Å². The Labute approximate surface area is 102 Å². The number of hydrogen-bond donors (Lipinski definition) is 2. The van der Waals surface area contributed by atoms with Gasteiger partial charge in [0.25, 0.3) is 0 Å². The van der Waals surface area contributed by atoms with E-state index in [2.05, 4.69) is 12.2 Å². The van der Waals surface area contributed by atoms with Crippen LogP contribution in [0.4, 0.5) is 0 Å². The Balaban J connectivity index is 1.83. The molecule has 1 aliphatic carbocycles. The van der Waals surface area contributed by atoms with Gasteiger partial charge in [-0.05, 0) is 36.5 Å². The van der Waals surface area contributed by atoms with Gasteiger partial charge >= 0.3 is 0 Å². The third kappa shape index (κ3) is 3.30. The summed E-state index contributed by atoms with van der Waals surface area (Å²) >= 11 is 0. The van der Waals surface area contributed by atoms with Crippen molar-refractivity contribution in [1.29, 1.82) is 0 Å². The first-order chi connectivity index (χ1) is 8.20. The molecule has 17 heavy (non-hydrogen) atoms. The van der Waals surface area contributed by atoms with Crippen molar-refractivity contribution in [1.82, 2.24) is 5.32 Å². The monoisotopic (exact) mass is 232 g/mol. The van der Waals surface area contributed by atoms with Gasteiger partial charge in [0.1, 0.15) is 0 Å². The highest BCUT2D eigenvalue weighted by Crippen LogP contribution is 2.34. The molecule has 92 valence electrons. The largest absolute Gasteiger partial charge is 0.366 e. The van der Waals surface area contributed by atoms with Crippen LogP contribution in [0.15, 0.2) is 24.3 Å². The summed E-state index contributed by atoms with van der Waals surface area (Å²) in [5, 5.41) is 3.52. The van der Waals surface area contributed by atoms with Gasteiger partial charge in [0.05, 0.1) is 0 Å². The Kier molecular flexibility index (Phi) is 3.79. The van der Waals surface area contributed by atoms with Crippen LogP contribution in [0.5, 0.6) is 0 Å². The molecule has 1 saturated carbocycles. The van der Waals surface area contributed by atoms with Crippen molar-refractivity contribution in [3.05, 3.63) is 35.4 Å². The minimum Gasteiger partial charge on any atom is -0.366 e. The molecule has 3 heteroatoms. The molecular weight excluding hydrogens is 212 g/mol. The molecule has 0 radical (unpaired) electrons. The molecular formula is C14H20N2O. The molecule has 0 bridgehead atoms. The fourth-order valence-corrected chi connectivity index (χ4v) is 2.27. The van der Waals surface area contributed by atoms with Crippen LogP contribution in [0, 0.1) is 5.92 Å². The lowest BCUT2D eigenvalue weighted by Crippen LogP contribution is -2.18. The molecule has 3 N–H and O–H groups in total. The van der Waals surface area contributed by atoms with Crippen molar-refractivity contribution >= 4 is 5.91 Å². The molecule has 0 spiro atoms. The first-order valence-electron chi connectivity index (χ1n) is 6.33. The van der Waals surface area contributed by atoms with Crippen LogP contribution >= 0.6 is 0 Å². The lowest BCUT2D eigenvalue weighted by Gasteiger charge is -2.05. The number of rotatable bonds is 6. The molecule has 0 aromatic heterocycles. The number of carbonyl (C=O) groups excluding carboxylic acids is 1. The van der Waals surface area contributed by atoms with Gasteiger partial charge in [0.2, 0.25) is 5.91 Å². The van der Waals surface area contributed by atoms with E-state index in [-0.39, 0.29) is 5.91 Å². The van der Waals surface area contributed by atoms with E-state index in [1.54, 1.807) is 6.07 Å². The molecule has 3 nitrogen and oxygen atoms in total. The van der Waals surface area contributed by atoms with Crippen LogP contribution in [0.3, 0.4) is 0 Å². The summed E-state index contributed by atoms with van der Waals surface area (Å²) in [6.07, 6.45) is 3.88. The van der Waals surface area contributed by atoms with Crippen LogP contribution in [0.2, 0.25) is 0 Å². The summed E-state index contributed by atoms with van der Waals surface area (Å²) in [6, 6.07) is 8.20. The predicted molar refractivity (Wildman–Crippen MR) is 68.6 cm³/mol. The number of amides is 1. The third-order valence-electron chi connectivity index (χ3n) is 3.36. The van der Waals surface area contributed by atoms with Crippen LogP contribution in [0.1, 0.15) is 42.1 Å². The predicted octanol–water partition coefficient (Wildman–Crippen LogP) is 2.06. The van der Waals surface area contributed by atoms with Crippen LogP contribution < -0.4 is 11.1 Å². The summed E-state index contributed by atoms with van der Waals surface area (Å²) in [4.78, 5) is 11.0. The molecule has 1 aromatic carbocycles. The van der Waals surface area contributed by atoms with E-state index in [4.69, 9.17) is 5.73 Å². The normalized spacial score (nSPS) is 22.4. The second-order valence-corrected chi connectivity index (χ2v) is 4.84. The molecule has 2 unspecified atom stereocenters. The molecule has 1 fully saturated rings. The van der Waals surface area contributed by atoms with Gasteiger partial charge in [-0.3, -0.25) is 4.79 Å². The highest BCUT2D eigenvalue weighted by molar-refractivity contribution is 5.92. The molecule has 1 aliphatic rings. The van der Waals surface area contributed by atoms with E-state index >= 15 is 0 Å². The van der Waals surface area contributed by atoms with Gasteiger partial charge in [-0.2, -0.15) is 0 Å². The smallest absolute Gasteiger partial charge is 0.248 e. The molecule has 1 aromatic rings. The number of nitrogens with one attached hydrogen (secondary N) is 1. The van der Waals surface area contributed by atoms with Crippen LogP contribution in [-0.2, 0) is 6.54 Å². The van der Waals surface area contributed by atoms with E-state index < -0.39 is 0 Å². The van der Waals surface area contributed by atoms with E-state index in [1.165, 1.54) is 19.3 Å². The standard InChI is InChI=1S/C14H20N2O/c1-2-4-11-8-13(11)16-9-10-5-3-6-12(7-10)14(15)17/h3,5-7,11,13,16H,2,4,8-9H2,1H3,(H2,15,17). The number of benzene rings is 1. The fourth-order valence-electron chi connectivity index (χ4n) is 2.27. The molecule has 2 rings (SSSR count). The zero-order chi connectivity index (χ0) is 12.3. The van der Waals surface area contributed by atoms with Gasteiger partial charge in [-0.1, -0.05) is 25.5 Å². The number of nitrogens with two attached hydrogens (primary N) is 1. The van der Waals surface area contributed by atoms with Crippen LogP contribution in [-0.4, -0.2) is 11.9 Å². The zero-order valence-corrected chi connectivity index (χ0v) is 10.3. The topological polar surface area (TPSA) is 55.1 Å². The van der Waals surface area contributed by atoms with Gasteiger partial charge in [0.15, 0.2) is 0 Å². The highest BCUT2D eigenvalue weighted by atomic mass is 16.1. The lowest BCUT2D eigenvalue weighted by atomic mass is 10.1. The second-order valence-electron chi connectivity index (χ2n) is 4.84. The van der Waals surface area contributed by atoms with Gasteiger partial charge in [-0.15, -0.1) is 0 Å². The second kappa shape index (κ2) is 5.32. The van der Waals surface area contributed by atoms with E-state index in [0.717, 1.165) is 18.0 Å². The van der Waals surface area contributed by atoms with Crippen molar-refractivity contribution in [2.24, 2.45) is 11.7 Å². The minimum atomic E-state index is -0.359.